The number of aromatic nitrogens is 4. The lowest BCUT2D eigenvalue weighted by molar-refractivity contribution is 0.102. The van der Waals surface area contributed by atoms with Crippen LogP contribution in [0.15, 0.2) is 54.6 Å². The molecule has 9 heteroatoms. The Hall–Kier alpha value is -3.69. The van der Waals surface area contributed by atoms with Crippen LogP contribution in [-0.2, 0) is 5.41 Å². The van der Waals surface area contributed by atoms with E-state index in [9.17, 15) is 4.79 Å². The summed E-state index contributed by atoms with van der Waals surface area (Å²) in [5.74, 6) is 0.968. The van der Waals surface area contributed by atoms with Crippen molar-refractivity contribution in [3.05, 3.63) is 70.9 Å². The van der Waals surface area contributed by atoms with Crippen LogP contribution >= 0.6 is 11.3 Å². The lowest BCUT2D eigenvalue weighted by Crippen LogP contribution is -2.32. The predicted octanol–water partition coefficient (Wildman–Crippen LogP) is 4.94. The molecule has 4 bridgehead atoms. The Morgan fingerprint density at radius 2 is 1.78 bits per heavy atom. The highest BCUT2D eigenvalue weighted by atomic mass is 32.1. The Balaban J connectivity index is 1.53. The van der Waals surface area contributed by atoms with Gasteiger partial charge in [-0.3, -0.25) is 4.79 Å². The maximum absolute atomic E-state index is 13.7. The number of benzene rings is 2. The van der Waals surface area contributed by atoms with Crippen molar-refractivity contribution in [3.63, 3.8) is 0 Å². The van der Waals surface area contributed by atoms with Gasteiger partial charge in [-0.1, -0.05) is 47.7 Å². The lowest BCUT2D eigenvalue weighted by atomic mass is 9.84. The van der Waals surface area contributed by atoms with Crippen LogP contribution in [0.25, 0.3) is 22.0 Å². The van der Waals surface area contributed by atoms with Gasteiger partial charge in [0.2, 0.25) is 0 Å². The molecule has 4 aromatic rings. The summed E-state index contributed by atoms with van der Waals surface area (Å²) in [5, 5.41) is 13.7. The minimum absolute atomic E-state index is 0.286. The highest BCUT2D eigenvalue weighted by Gasteiger charge is 2.32. The van der Waals surface area contributed by atoms with Gasteiger partial charge in [-0.05, 0) is 52.6 Å². The molecule has 0 fully saturated rings. The molecule has 2 aromatic carbocycles. The van der Waals surface area contributed by atoms with Crippen LogP contribution in [0.5, 0.6) is 0 Å². The van der Waals surface area contributed by atoms with E-state index in [-0.39, 0.29) is 11.3 Å². The minimum Gasteiger partial charge on any atom is -0.355 e. The smallest absolute Gasteiger partial charge is 0.274 e. The SMILES string of the molecule is CCN(CCN(C)C)c1cc(C(=O)Nc2cc3ccc2-c2nnc(s2)C3(C)C)nc(-c2ccccc2)n1. The van der Waals surface area contributed by atoms with E-state index in [0.717, 1.165) is 52.2 Å². The normalized spacial score (nSPS) is 13.4. The van der Waals surface area contributed by atoms with Crippen molar-refractivity contribution in [2.45, 2.75) is 26.2 Å². The number of nitrogens with one attached hydrogen (secondary N) is 1. The molecule has 1 N–H and O–H groups in total. The number of fused-ring (bicyclic) bond motifs is 2. The first-order valence-corrected chi connectivity index (χ1v) is 13.2. The van der Waals surface area contributed by atoms with Gasteiger partial charge in [0.1, 0.15) is 21.5 Å². The molecule has 0 saturated heterocycles. The molecule has 0 aliphatic carbocycles. The van der Waals surface area contributed by atoms with Crippen molar-refractivity contribution >= 4 is 28.7 Å². The van der Waals surface area contributed by atoms with Gasteiger partial charge >= 0.3 is 0 Å². The van der Waals surface area contributed by atoms with Crippen molar-refractivity contribution in [2.75, 3.05) is 43.9 Å². The van der Waals surface area contributed by atoms with Crippen LogP contribution in [0.4, 0.5) is 11.5 Å². The molecule has 190 valence electrons. The molecule has 0 atom stereocenters. The van der Waals surface area contributed by atoms with E-state index in [2.05, 4.69) is 57.1 Å². The summed E-state index contributed by atoms with van der Waals surface area (Å²) in [7, 11) is 4.09. The average molecular weight is 514 g/mol. The number of hydrogen-bond acceptors (Lipinski definition) is 8. The summed E-state index contributed by atoms with van der Waals surface area (Å²) in [6.45, 7) is 8.76. The Morgan fingerprint density at radius 1 is 1.00 bits per heavy atom. The molecule has 8 nitrogen and oxygen atoms in total. The van der Waals surface area contributed by atoms with Crippen molar-refractivity contribution in [1.82, 2.24) is 25.1 Å². The first kappa shape index (κ1) is 25.0. The van der Waals surface area contributed by atoms with Gasteiger partial charge in [0.15, 0.2) is 5.82 Å². The van der Waals surface area contributed by atoms with Gasteiger partial charge in [-0.15, -0.1) is 10.2 Å². The first-order chi connectivity index (χ1) is 17.8. The highest BCUT2D eigenvalue weighted by Crippen LogP contribution is 2.43. The van der Waals surface area contributed by atoms with Crippen LogP contribution in [0, 0.1) is 0 Å². The van der Waals surface area contributed by atoms with Crippen LogP contribution in [0.3, 0.4) is 0 Å². The second-order valence-corrected chi connectivity index (χ2v) is 10.9. The standard InChI is InChI=1S/C28H31N7OS/c1-6-35(15-14-34(4)5)23-17-22(29-24(31-23)18-10-8-7-9-11-18)25(36)30-21-16-19-12-13-20(21)26-32-33-27(37-26)28(19,2)3/h7-13,16-17H,6,14-15H2,1-5H3,(H,30,36). The van der Waals surface area contributed by atoms with Crippen molar-refractivity contribution < 1.29 is 4.79 Å². The molecule has 1 amide bonds. The quantitative estimate of drug-likeness (QED) is 0.357. The van der Waals surface area contributed by atoms with Gasteiger partial charge in [-0.2, -0.15) is 0 Å². The number of likely N-dealkylation sites (N-methyl/N-ethyl adjacent to an activating group) is 2. The third kappa shape index (κ3) is 4.97. The third-order valence-electron chi connectivity index (χ3n) is 6.68. The third-order valence-corrected chi connectivity index (χ3v) is 7.96. The maximum atomic E-state index is 13.7. The van der Waals surface area contributed by atoms with Crippen LogP contribution in [0.1, 0.15) is 41.8 Å². The second-order valence-electron chi connectivity index (χ2n) is 9.94. The van der Waals surface area contributed by atoms with Crippen molar-refractivity contribution in [3.8, 4) is 22.0 Å². The summed E-state index contributed by atoms with van der Waals surface area (Å²) in [6.07, 6.45) is 0. The van der Waals surface area contributed by atoms with E-state index >= 15 is 0 Å². The van der Waals surface area contributed by atoms with E-state index in [4.69, 9.17) is 4.98 Å². The summed E-state index contributed by atoms with van der Waals surface area (Å²) in [4.78, 5) is 27.5. The number of nitrogens with zero attached hydrogens (tertiary/aromatic N) is 6. The molecular weight excluding hydrogens is 482 g/mol. The van der Waals surface area contributed by atoms with Gasteiger partial charge in [-0.25, -0.2) is 9.97 Å². The van der Waals surface area contributed by atoms with Crippen LogP contribution < -0.4 is 10.2 Å². The Morgan fingerprint density at radius 3 is 2.51 bits per heavy atom. The zero-order chi connectivity index (χ0) is 26.2. The molecule has 0 saturated carbocycles. The predicted molar refractivity (Wildman–Crippen MR) is 149 cm³/mol. The van der Waals surface area contributed by atoms with Crippen LogP contribution in [-0.4, -0.2) is 64.7 Å². The monoisotopic (exact) mass is 513 g/mol. The van der Waals surface area contributed by atoms with E-state index in [1.165, 1.54) is 0 Å². The molecule has 4 heterocycles. The topological polar surface area (TPSA) is 87.1 Å². The number of rotatable bonds is 8. The maximum Gasteiger partial charge on any atom is 0.274 e. The fourth-order valence-corrected chi connectivity index (χ4v) is 5.31. The number of amides is 1. The zero-order valence-corrected chi connectivity index (χ0v) is 22.6. The number of carbonyl (C=O) groups is 1. The first-order valence-electron chi connectivity index (χ1n) is 12.4. The number of carbonyl (C=O) groups excluding carboxylic acids is 1. The van der Waals surface area contributed by atoms with E-state index < -0.39 is 0 Å². The lowest BCUT2D eigenvalue weighted by Gasteiger charge is -2.25. The van der Waals surface area contributed by atoms with Crippen molar-refractivity contribution in [1.29, 1.82) is 0 Å². The Kier molecular flexibility index (Phi) is 6.74. The average Bonchev–Trinajstić information content (AvgIpc) is 3.41. The fraction of sp³-hybridized carbons (Fsp3) is 0.321. The molecular formula is C28H31N7OS. The molecule has 0 unspecified atom stereocenters. The van der Waals surface area contributed by atoms with E-state index in [1.807, 2.05) is 56.6 Å². The Labute approximate surface area is 221 Å². The zero-order valence-electron chi connectivity index (χ0n) is 21.8. The van der Waals surface area contributed by atoms with E-state index in [1.54, 1.807) is 17.4 Å². The fourth-order valence-electron chi connectivity index (χ4n) is 4.30. The van der Waals surface area contributed by atoms with Gasteiger partial charge in [0.25, 0.3) is 5.91 Å². The van der Waals surface area contributed by atoms with Gasteiger partial charge in [0.05, 0.1) is 5.69 Å². The summed E-state index contributed by atoms with van der Waals surface area (Å²) in [5.41, 5.74) is 3.52. The molecule has 37 heavy (non-hydrogen) atoms. The molecule has 2 aromatic heterocycles. The number of hydrogen-bond donors (Lipinski definition) is 1. The highest BCUT2D eigenvalue weighted by molar-refractivity contribution is 7.15. The molecule has 6 rings (SSSR count). The van der Waals surface area contributed by atoms with Gasteiger partial charge < -0.3 is 15.1 Å². The summed E-state index contributed by atoms with van der Waals surface area (Å²) >= 11 is 1.56. The summed E-state index contributed by atoms with van der Waals surface area (Å²) < 4.78 is 0. The molecule has 0 radical (unpaired) electrons. The number of anilines is 2. The van der Waals surface area contributed by atoms with Gasteiger partial charge in [0, 0.05) is 42.2 Å². The van der Waals surface area contributed by atoms with Crippen molar-refractivity contribution in [2.24, 2.45) is 0 Å². The summed E-state index contributed by atoms with van der Waals surface area (Å²) in [6, 6.07) is 17.7. The second kappa shape index (κ2) is 9.99. The Bertz CT molecular complexity index is 1430. The minimum atomic E-state index is -0.301. The van der Waals surface area contributed by atoms with E-state index in [0.29, 0.717) is 17.2 Å². The largest absolute Gasteiger partial charge is 0.355 e. The molecule has 0 spiro atoms. The molecule has 2 aliphatic heterocycles. The van der Waals surface area contributed by atoms with Crippen LogP contribution in [0.2, 0.25) is 0 Å². The molecule has 2 aliphatic rings.